The van der Waals surface area contributed by atoms with Gasteiger partial charge in [0.15, 0.2) is 5.96 Å². The highest BCUT2D eigenvalue weighted by atomic mass is 127. The fourth-order valence-electron chi connectivity index (χ4n) is 1.95. The lowest BCUT2D eigenvalue weighted by Gasteiger charge is -2.38. The largest absolute Gasteiger partial charge is 0.380 e. The number of halogens is 2. The van der Waals surface area contributed by atoms with Crippen LogP contribution in [0, 0.1) is 5.41 Å². The van der Waals surface area contributed by atoms with E-state index in [9.17, 15) is 0 Å². The van der Waals surface area contributed by atoms with Gasteiger partial charge in [-0.2, -0.15) is 0 Å². The van der Waals surface area contributed by atoms with Crippen LogP contribution in [0.5, 0.6) is 0 Å². The summed E-state index contributed by atoms with van der Waals surface area (Å²) in [4.78, 5) is 4.59. The van der Waals surface area contributed by atoms with Crippen molar-refractivity contribution in [2.45, 2.75) is 20.4 Å². The van der Waals surface area contributed by atoms with E-state index in [1.165, 1.54) is 0 Å². The van der Waals surface area contributed by atoms with Gasteiger partial charge in [-0.15, -0.1) is 24.0 Å². The fraction of sp³-hybridized carbons (Fsp3) is 0.533. The van der Waals surface area contributed by atoms with Crippen LogP contribution >= 0.6 is 35.6 Å². The van der Waals surface area contributed by atoms with Gasteiger partial charge in [-0.25, -0.2) is 4.99 Å². The van der Waals surface area contributed by atoms with E-state index in [2.05, 4.69) is 29.5 Å². The molecule has 0 atom stereocenters. The van der Waals surface area contributed by atoms with Gasteiger partial charge in [-0.3, -0.25) is 0 Å². The first-order valence-corrected chi connectivity index (χ1v) is 7.33. The molecule has 0 unspecified atom stereocenters. The number of benzene rings is 1. The maximum absolute atomic E-state index is 5.87. The Morgan fingerprint density at radius 2 is 1.95 bits per heavy atom. The van der Waals surface area contributed by atoms with E-state index in [1.807, 2.05) is 24.3 Å². The Labute approximate surface area is 148 Å². The summed E-state index contributed by atoms with van der Waals surface area (Å²) in [6, 6.07) is 7.77. The molecule has 1 fully saturated rings. The Balaban J connectivity index is 0.00000220. The molecule has 0 saturated carbocycles. The molecule has 1 aromatic carbocycles. The Morgan fingerprint density at radius 1 is 1.29 bits per heavy atom. The van der Waals surface area contributed by atoms with Crippen molar-refractivity contribution in [2.24, 2.45) is 10.4 Å². The Hall–Kier alpha value is -0.530. The SMILES string of the molecule is CCNC(=NCc1ccc(Cl)cc1)NCC1(C)COC1.I. The van der Waals surface area contributed by atoms with E-state index < -0.39 is 0 Å². The minimum Gasteiger partial charge on any atom is -0.380 e. The lowest BCUT2D eigenvalue weighted by molar-refractivity contribution is -0.0971. The number of hydrogen-bond donors (Lipinski definition) is 2. The van der Waals surface area contributed by atoms with Crippen molar-refractivity contribution >= 4 is 41.5 Å². The second-order valence-corrected chi connectivity index (χ2v) is 5.92. The number of guanidine groups is 1. The summed E-state index contributed by atoms with van der Waals surface area (Å²) >= 11 is 5.87. The first kappa shape index (κ1) is 18.5. The minimum absolute atomic E-state index is 0. The van der Waals surface area contributed by atoms with Crippen molar-refractivity contribution in [3.63, 3.8) is 0 Å². The molecule has 2 rings (SSSR count). The number of aliphatic imine (C=N–C) groups is 1. The number of nitrogens with one attached hydrogen (secondary N) is 2. The first-order valence-electron chi connectivity index (χ1n) is 6.96. The average Bonchev–Trinajstić information content (AvgIpc) is 2.41. The predicted molar refractivity (Wildman–Crippen MR) is 98.6 cm³/mol. The number of rotatable bonds is 5. The normalized spacial score (nSPS) is 16.6. The van der Waals surface area contributed by atoms with Crippen molar-refractivity contribution in [3.8, 4) is 0 Å². The average molecular weight is 424 g/mol. The predicted octanol–water partition coefficient (Wildman–Crippen LogP) is 3.05. The molecule has 21 heavy (non-hydrogen) atoms. The van der Waals surface area contributed by atoms with Crippen LogP contribution < -0.4 is 10.6 Å². The molecule has 0 amide bonds. The van der Waals surface area contributed by atoms with E-state index >= 15 is 0 Å². The molecule has 0 bridgehead atoms. The summed E-state index contributed by atoms with van der Waals surface area (Å²) in [6.07, 6.45) is 0. The molecule has 0 spiro atoms. The molecule has 4 nitrogen and oxygen atoms in total. The standard InChI is InChI=1S/C15H22ClN3O.HI/c1-3-17-14(19-9-15(2)10-20-11-15)18-8-12-4-6-13(16)7-5-12;/h4-7H,3,8-11H2,1-2H3,(H2,17,18,19);1H. The van der Waals surface area contributed by atoms with Gasteiger partial charge in [-0.05, 0) is 24.6 Å². The molecule has 0 aliphatic carbocycles. The molecule has 0 aromatic heterocycles. The molecule has 0 radical (unpaired) electrons. The molecule has 1 aliphatic heterocycles. The Bertz CT molecular complexity index is 460. The van der Waals surface area contributed by atoms with E-state index in [0.717, 1.165) is 42.8 Å². The van der Waals surface area contributed by atoms with Crippen LogP contribution in [0.4, 0.5) is 0 Å². The quantitative estimate of drug-likeness (QED) is 0.435. The van der Waals surface area contributed by atoms with Crippen molar-refractivity contribution in [1.29, 1.82) is 0 Å². The highest BCUT2D eigenvalue weighted by Gasteiger charge is 2.33. The molecule has 1 heterocycles. The van der Waals surface area contributed by atoms with Gasteiger partial charge in [0.25, 0.3) is 0 Å². The Kier molecular flexibility index (Phi) is 7.76. The lowest BCUT2D eigenvalue weighted by Crippen LogP contribution is -2.51. The summed E-state index contributed by atoms with van der Waals surface area (Å²) in [6.45, 7) is 8.27. The van der Waals surface area contributed by atoms with Crippen molar-refractivity contribution in [2.75, 3.05) is 26.3 Å². The summed E-state index contributed by atoms with van der Waals surface area (Å²) in [7, 11) is 0. The van der Waals surface area contributed by atoms with Gasteiger partial charge in [0.05, 0.1) is 19.8 Å². The lowest BCUT2D eigenvalue weighted by atomic mass is 9.89. The van der Waals surface area contributed by atoms with E-state index in [0.29, 0.717) is 6.54 Å². The maximum Gasteiger partial charge on any atom is 0.191 e. The summed E-state index contributed by atoms with van der Waals surface area (Å²) in [5.74, 6) is 0.843. The van der Waals surface area contributed by atoms with Crippen LogP contribution in [0.3, 0.4) is 0 Å². The summed E-state index contributed by atoms with van der Waals surface area (Å²) < 4.78 is 5.26. The van der Waals surface area contributed by atoms with Crippen LogP contribution in [-0.4, -0.2) is 32.3 Å². The van der Waals surface area contributed by atoms with E-state index in [-0.39, 0.29) is 29.4 Å². The van der Waals surface area contributed by atoms with E-state index in [1.54, 1.807) is 0 Å². The van der Waals surface area contributed by atoms with Crippen molar-refractivity contribution in [1.82, 2.24) is 10.6 Å². The van der Waals surface area contributed by atoms with Gasteiger partial charge < -0.3 is 15.4 Å². The highest BCUT2D eigenvalue weighted by Crippen LogP contribution is 2.24. The topological polar surface area (TPSA) is 45.7 Å². The van der Waals surface area contributed by atoms with Crippen molar-refractivity contribution in [3.05, 3.63) is 34.9 Å². The first-order chi connectivity index (χ1) is 9.61. The smallest absolute Gasteiger partial charge is 0.191 e. The molecule has 1 aromatic rings. The zero-order chi connectivity index (χ0) is 14.4. The summed E-state index contributed by atoms with van der Waals surface area (Å²) in [5, 5.41) is 7.39. The molecule has 1 aliphatic rings. The third-order valence-electron chi connectivity index (χ3n) is 3.26. The second-order valence-electron chi connectivity index (χ2n) is 5.48. The van der Waals surface area contributed by atoms with E-state index in [4.69, 9.17) is 16.3 Å². The fourth-order valence-corrected chi connectivity index (χ4v) is 2.08. The molecule has 2 N–H and O–H groups in total. The molecular weight excluding hydrogens is 401 g/mol. The molecule has 6 heteroatoms. The van der Waals surface area contributed by atoms with Crippen LogP contribution in [0.15, 0.2) is 29.3 Å². The molecular formula is C15H23ClIN3O. The number of hydrogen-bond acceptors (Lipinski definition) is 2. The van der Waals surface area contributed by atoms with Gasteiger partial charge >= 0.3 is 0 Å². The third-order valence-corrected chi connectivity index (χ3v) is 3.51. The molecule has 118 valence electrons. The van der Waals surface area contributed by atoms with Crippen LogP contribution in [0.1, 0.15) is 19.4 Å². The van der Waals surface area contributed by atoms with Crippen LogP contribution in [0.25, 0.3) is 0 Å². The highest BCUT2D eigenvalue weighted by molar-refractivity contribution is 14.0. The number of ether oxygens (including phenoxy) is 1. The zero-order valence-corrected chi connectivity index (χ0v) is 15.6. The van der Waals surface area contributed by atoms with Gasteiger partial charge in [0.1, 0.15) is 0 Å². The van der Waals surface area contributed by atoms with Gasteiger partial charge in [0, 0.05) is 23.5 Å². The van der Waals surface area contributed by atoms with Gasteiger partial charge in [-0.1, -0.05) is 30.7 Å². The number of nitrogens with zero attached hydrogens (tertiary/aromatic N) is 1. The van der Waals surface area contributed by atoms with Crippen LogP contribution in [-0.2, 0) is 11.3 Å². The Morgan fingerprint density at radius 3 is 2.48 bits per heavy atom. The maximum atomic E-state index is 5.87. The summed E-state index contributed by atoms with van der Waals surface area (Å²) in [5.41, 5.74) is 1.38. The van der Waals surface area contributed by atoms with Crippen molar-refractivity contribution < 1.29 is 4.74 Å². The third kappa shape index (κ3) is 6.00. The second kappa shape index (κ2) is 8.80. The van der Waals surface area contributed by atoms with Gasteiger partial charge in [0.2, 0.25) is 0 Å². The zero-order valence-electron chi connectivity index (χ0n) is 12.5. The minimum atomic E-state index is 0. The monoisotopic (exact) mass is 423 g/mol. The molecule has 1 saturated heterocycles. The van der Waals surface area contributed by atoms with Crippen LogP contribution in [0.2, 0.25) is 5.02 Å².